The zero-order valence-electron chi connectivity index (χ0n) is 23.7. The van der Waals surface area contributed by atoms with Crippen molar-refractivity contribution in [3.63, 3.8) is 0 Å². The Morgan fingerprint density at radius 3 is 2.24 bits per heavy atom. The first-order valence-electron chi connectivity index (χ1n) is 14.9. The highest BCUT2D eigenvalue weighted by molar-refractivity contribution is 5.91. The van der Waals surface area contributed by atoms with Gasteiger partial charge < -0.3 is 20.1 Å². The van der Waals surface area contributed by atoms with Crippen molar-refractivity contribution in [2.24, 2.45) is 0 Å². The van der Waals surface area contributed by atoms with Crippen LogP contribution in [0.4, 0.5) is 4.79 Å². The number of rotatable bonds is 8. The van der Waals surface area contributed by atoms with Crippen LogP contribution in [0.5, 0.6) is 0 Å². The second-order valence-corrected chi connectivity index (χ2v) is 11.7. The van der Waals surface area contributed by atoms with Gasteiger partial charge >= 0.3 is 12.1 Å². The van der Waals surface area contributed by atoms with E-state index in [1.54, 1.807) is 4.90 Å². The molecule has 3 aromatic rings. The number of aliphatic carboxylic acids is 1. The number of carbonyl (C=O) groups excluding carboxylic acids is 2. The summed E-state index contributed by atoms with van der Waals surface area (Å²) in [5.41, 5.74) is 4.48. The Balaban J connectivity index is 1.21. The van der Waals surface area contributed by atoms with Gasteiger partial charge in [-0.25, -0.2) is 4.79 Å². The summed E-state index contributed by atoms with van der Waals surface area (Å²) >= 11 is 0. The second-order valence-electron chi connectivity index (χ2n) is 11.7. The third kappa shape index (κ3) is 5.63. The van der Waals surface area contributed by atoms with E-state index in [2.05, 4.69) is 34.5 Å². The number of carboxylic acids is 1. The van der Waals surface area contributed by atoms with Crippen LogP contribution in [0.25, 0.3) is 11.1 Å². The monoisotopic (exact) mass is 567 g/mol. The normalized spacial score (nSPS) is 21.9. The molecule has 2 atom stereocenters. The molecule has 2 amide bonds. The zero-order chi connectivity index (χ0) is 29.1. The topological polar surface area (TPSA) is 99.2 Å². The first kappa shape index (κ1) is 28.0. The predicted octanol–water partition coefficient (Wildman–Crippen LogP) is 5.03. The van der Waals surface area contributed by atoms with Gasteiger partial charge in [-0.1, -0.05) is 78.9 Å². The lowest BCUT2D eigenvalue weighted by Gasteiger charge is -2.41. The highest BCUT2D eigenvalue weighted by Crippen LogP contribution is 2.44. The number of benzene rings is 3. The Bertz CT molecular complexity index is 1410. The fraction of sp³-hybridized carbons (Fsp3) is 0.382. The van der Waals surface area contributed by atoms with Crippen LogP contribution in [0.3, 0.4) is 0 Å². The van der Waals surface area contributed by atoms with E-state index in [4.69, 9.17) is 4.74 Å². The fourth-order valence-electron chi connectivity index (χ4n) is 6.98. The summed E-state index contributed by atoms with van der Waals surface area (Å²) in [7, 11) is 0. The molecule has 1 aliphatic carbocycles. The molecule has 2 aliphatic heterocycles. The standard InChI is InChI=1S/C34H37N3O5/c38-31(39)20-25-12-8-9-18-37(25)32(40)34(17-19-36(23-34)21-24-10-2-1-3-11-24)35-33(41)42-22-30-28-15-6-4-13-26(28)27-14-5-7-16-29(27)30/h1-7,10-11,13-16,25,30H,8-9,12,17-23H2,(H,35,41)(H,38,39)/t25-,34?/m0/s1. The Labute approximate surface area is 246 Å². The van der Waals surface area contributed by atoms with Crippen molar-refractivity contribution in [3.8, 4) is 11.1 Å². The lowest BCUT2D eigenvalue weighted by atomic mass is 9.91. The van der Waals surface area contributed by atoms with Crippen molar-refractivity contribution in [1.82, 2.24) is 15.1 Å². The number of carboxylic acid groups (broad SMARTS) is 1. The van der Waals surface area contributed by atoms with Crippen molar-refractivity contribution in [2.75, 3.05) is 26.2 Å². The number of carbonyl (C=O) groups is 3. The Hall–Kier alpha value is -4.17. The number of hydrogen-bond acceptors (Lipinski definition) is 5. The van der Waals surface area contributed by atoms with E-state index in [1.165, 1.54) is 0 Å². The van der Waals surface area contributed by atoms with Crippen LogP contribution in [0, 0.1) is 0 Å². The summed E-state index contributed by atoms with van der Waals surface area (Å²) < 4.78 is 5.88. The van der Waals surface area contributed by atoms with Gasteiger partial charge in [-0.05, 0) is 53.5 Å². The molecular weight excluding hydrogens is 530 g/mol. The molecule has 3 aromatic carbocycles. The molecule has 8 heteroatoms. The minimum Gasteiger partial charge on any atom is -0.481 e. The van der Waals surface area contributed by atoms with Crippen LogP contribution in [0.2, 0.25) is 0 Å². The van der Waals surface area contributed by atoms with E-state index < -0.39 is 17.6 Å². The minimum absolute atomic E-state index is 0.0880. The number of ether oxygens (including phenoxy) is 1. The van der Waals surface area contributed by atoms with Crippen LogP contribution < -0.4 is 5.32 Å². The van der Waals surface area contributed by atoms with Crippen LogP contribution in [0.15, 0.2) is 78.9 Å². The lowest BCUT2D eigenvalue weighted by Crippen LogP contribution is -2.63. The second kappa shape index (κ2) is 12.0. The smallest absolute Gasteiger partial charge is 0.408 e. The molecule has 2 heterocycles. The molecule has 1 unspecified atom stereocenters. The number of piperidine rings is 1. The molecule has 0 spiro atoms. The van der Waals surface area contributed by atoms with Crippen molar-refractivity contribution >= 4 is 18.0 Å². The van der Waals surface area contributed by atoms with Gasteiger partial charge in [-0.15, -0.1) is 0 Å². The summed E-state index contributed by atoms with van der Waals surface area (Å²) in [4.78, 5) is 43.2. The maximum absolute atomic E-state index is 14.3. The molecule has 218 valence electrons. The van der Waals surface area contributed by atoms with Gasteiger partial charge in [-0.2, -0.15) is 0 Å². The SMILES string of the molecule is O=C(O)C[C@@H]1CCCCN1C(=O)C1(NC(=O)OCC2c3ccccc3-c3ccccc32)CCN(Cc2ccccc2)C1. The average molecular weight is 568 g/mol. The molecule has 3 aliphatic rings. The molecule has 0 radical (unpaired) electrons. The van der Waals surface area contributed by atoms with Crippen molar-refractivity contribution in [1.29, 1.82) is 0 Å². The van der Waals surface area contributed by atoms with Gasteiger partial charge in [0.25, 0.3) is 0 Å². The Morgan fingerprint density at radius 1 is 0.881 bits per heavy atom. The maximum atomic E-state index is 14.3. The van der Waals surface area contributed by atoms with Gasteiger partial charge in [0.15, 0.2) is 0 Å². The summed E-state index contributed by atoms with van der Waals surface area (Å²) in [6.45, 7) is 2.26. The minimum atomic E-state index is -1.19. The Kier molecular flexibility index (Phi) is 7.98. The molecule has 0 bridgehead atoms. The van der Waals surface area contributed by atoms with Crippen LogP contribution in [-0.2, 0) is 20.9 Å². The summed E-state index contributed by atoms with van der Waals surface area (Å²) in [5.74, 6) is -1.22. The number of nitrogens with zero attached hydrogens (tertiary/aromatic N) is 2. The largest absolute Gasteiger partial charge is 0.481 e. The van der Waals surface area contributed by atoms with E-state index in [-0.39, 0.29) is 30.9 Å². The number of alkyl carbamates (subject to hydrolysis) is 1. The summed E-state index contributed by atoms with van der Waals surface area (Å²) in [6, 6.07) is 26.0. The predicted molar refractivity (Wildman–Crippen MR) is 159 cm³/mol. The van der Waals surface area contributed by atoms with Gasteiger partial charge in [0.1, 0.15) is 12.1 Å². The highest BCUT2D eigenvalue weighted by Gasteiger charge is 2.50. The number of nitrogens with one attached hydrogen (secondary N) is 1. The van der Waals surface area contributed by atoms with E-state index in [0.29, 0.717) is 39.0 Å². The number of likely N-dealkylation sites (tertiary alicyclic amines) is 2. The van der Waals surface area contributed by atoms with Gasteiger partial charge in [0.2, 0.25) is 5.91 Å². The highest BCUT2D eigenvalue weighted by atomic mass is 16.5. The third-order valence-corrected chi connectivity index (χ3v) is 8.99. The molecule has 8 nitrogen and oxygen atoms in total. The van der Waals surface area contributed by atoms with Crippen molar-refractivity contribution in [3.05, 3.63) is 95.6 Å². The van der Waals surface area contributed by atoms with E-state index >= 15 is 0 Å². The van der Waals surface area contributed by atoms with Crippen molar-refractivity contribution < 1.29 is 24.2 Å². The molecule has 42 heavy (non-hydrogen) atoms. The molecule has 2 saturated heterocycles. The molecule has 2 N–H and O–H groups in total. The quantitative estimate of drug-likeness (QED) is 0.396. The van der Waals surface area contributed by atoms with Gasteiger partial charge in [0, 0.05) is 38.1 Å². The summed E-state index contributed by atoms with van der Waals surface area (Å²) in [5, 5.41) is 12.5. The van der Waals surface area contributed by atoms with Gasteiger partial charge in [0.05, 0.1) is 6.42 Å². The van der Waals surface area contributed by atoms with Crippen LogP contribution in [0.1, 0.15) is 54.7 Å². The molecule has 6 rings (SSSR count). The van der Waals surface area contributed by atoms with Crippen molar-refractivity contribution in [2.45, 2.75) is 56.1 Å². The Morgan fingerprint density at radius 2 is 1.55 bits per heavy atom. The fourth-order valence-corrected chi connectivity index (χ4v) is 6.98. The number of amides is 2. The molecule has 2 fully saturated rings. The first-order chi connectivity index (χ1) is 20.4. The molecule has 0 aromatic heterocycles. The zero-order valence-corrected chi connectivity index (χ0v) is 23.7. The van der Waals surface area contributed by atoms with Crippen LogP contribution in [-0.4, -0.2) is 70.7 Å². The van der Waals surface area contributed by atoms with Gasteiger partial charge in [-0.3, -0.25) is 14.5 Å². The summed E-state index contributed by atoms with van der Waals surface area (Å²) in [6.07, 6.45) is 2.05. The average Bonchev–Trinajstić information content (AvgIpc) is 3.55. The van der Waals surface area contributed by atoms with E-state index in [9.17, 15) is 19.5 Å². The number of fused-ring (bicyclic) bond motifs is 3. The number of hydrogen-bond donors (Lipinski definition) is 2. The van der Waals surface area contributed by atoms with Crippen LogP contribution >= 0.6 is 0 Å². The maximum Gasteiger partial charge on any atom is 0.408 e. The van der Waals surface area contributed by atoms with E-state index in [0.717, 1.165) is 40.7 Å². The molecule has 0 saturated carbocycles. The first-order valence-corrected chi connectivity index (χ1v) is 14.9. The third-order valence-electron chi connectivity index (χ3n) is 8.99. The molecular formula is C34H37N3O5. The van der Waals surface area contributed by atoms with E-state index in [1.807, 2.05) is 54.6 Å². The lowest BCUT2D eigenvalue weighted by molar-refractivity contribution is -0.145.